The molecule has 2 nitrogen and oxygen atoms in total. The molecule has 0 atom stereocenters. The first-order valence-corrected chi connectivity index (χ1v) is 3.55. The third kappa shape index (κ3) is 4.25. The molecule has 2 heteroatoms. The van der Waals surface area contributed by atoms with Gasteiger partial charge >= 0.3 is 0 Å². The van der Waals surface area contributed by atoms with Gasteiger partial charge in [0.05, 0.1) is 0 Å². The Balaban J connectivity index is 4.24. The van der Waals surface area contributed by atoms with E-state index >= 15 is 0 Å². The summed E-state index contributed by atoms with van der Waals surface area (Å²) >= 11 is 0. The highest BCUT2D eigenvalue weighted by molar-refractivity contribution is 5.99. The van der Waals surface area contributed by atoms with Crippen LogP contribution < -0.4 is 0 Å². The van der Waals surface area contributed by atoms with Crippen LogP contribution in [0.4, 0.5) is 0 Å². The number of hydrogen-bond acceptors (Lipinski definition) is 2. The molecular formula is C9H13NO. The maximum atomic E-state index is 10.8. The third-order valence-electron chi connectivity index (χ3n) is 1.17. The number of carbonyl (C=O) groups is 1. The molecule has 0 aliphatic carbocycles. The van der Waals surface area contributed by atoms with Crippen molar-refractivity contribution in [1.29, 1.82) is 0 Å². The standard InChI is InChI=1S/C9H13NO/c1-4-9(8(3)11)6-7-10-5-2/h4,6-7H,1,5H2,2-3H3/b9-6+,10-7?. The number of Topliss-reactive ketones (excluding diaryl/α,β-unsaturated/α-hetero) is 1. The number of carbonyl (C=O) groups excluding carboxylic acids is 1. The Labute approximate surface area is 67.3 Å². The molecule has 0 rings (SSSR count). The van der Waals surface area contributed by atoms with E-state index in [1.165, 1.54) is 13.0 Å². The van der Waals surface area contributed by atoms with E-state index in [4.69, 9.17) is 0 Å². The maximum Gasteiger partial charge on any atom is 0.159 e. The van der Waals surface area contributed by atoms with Crippen molar-refractivity contribution in [2.75, 3.05) is 6.54 Å². The molecule has 0 aromatic heterocycles. The van der Waals surface area contributed by atoms with E-state index in [1.54, 1.807) is 12.3 Å². The van der Waals surface area contributed by atoms with Crippen LogP contribution in [0.3, 0.4) is 0 Å². The molecule has 0 aromatic carbocycles. The van der Waals surface area contributed by atoms with Gasteiger partial charge in [0.2, 0.25) is 0 Å². The predicted molar refractivity (Wildman–Crippen MR) is 48.0 cm³/mol. The van der Waals surface area contributed by atoms with Crippen LogP contribution in [0.25, 0.3) is 0 Å². The van der Waals surface area contributed by atoms with Crippen LogP contribution in [0, 0.1) is 0 Å². The van der Waals surface area contributed by atoms with Crippen molar-refractivity contribution in [1.82, 2.24) is 0 Å². The van der Waals surface area contributed by atoms with Gasteiger partial charge in [0.25, 0.3) is 0 Å². The average Bonchev–Trinajstić information content (AvgIpc) is 1.97. The van der Waals surface area contributed by atoms with Gasteiger partial charge in [-0.3, -0.25) is 9.79 Å². The van der Waals surface area contributed by atoms with Gasteiger partial charge < -0.3 is 0 Å². The van der Waals surface area contributed by atoms with Crippen molar-refractivity contribution in [3.05, 3.63) is 24.3 Å². The highest BCUT2D eigenvalue weighted by Crippen LogP contribution is 1.94. The highest BCUT2D eigenvalue weighted by atomic mass is 16.1. The van der Waals surface area contributed by atoms with E-state index in [1.807, 2.05) is 6.92 Å². The number of allylic oxidation sites excluding steroid dienone is 3. The quantitative estimate of drug-likeness (QED) is 0.342. The lowest BCUT2D eigenvalue weighted by atomic mass is 10.2. The number of rotatable bonds is 4. The van der Waals surface area contributed by atoms with Gasteiger partial charge in [-0.2, -0.15) is 0 Å². The van der Waals surface area contributed by atoms with Crippen LogP contribution in [0.2, 0.25) is 0 Å². The number of nitrogens with zero attached hydrogens (tertiary/aromatic N) is 1. The number of aliphatic imine (C=N–C) groups is 1. The minimum absolute atomic E-state index is 0.0163. The van der Waals surface area contributed by atoms with E-state index in [0.29, 0.717) is 5.57 Å². The minimum Gasteiger partial charge on any atom is -0.295 e. The van der Waals surface area contributed by atoms with Crippen LogP contribution in [0.5, 0.6) is 0 Å². The zero-order valence-electron chi connectivity index (χ0n) is 7.00. The smallest absolute Gasteiger partial charge is 0.159 e. The molecule has 0 aliphatic rings. The molecule has 11 heavy (non-hydrogen) atoms. The second-order valence-corrected chi connectivity index (χ2v) is 2.03. The van der Waals surface area contributed by atoms with Gasteiger partial charge in [-0.1, -0.05) is 12.7 Å². The van der Waals surface area contributed by atoms with Gasteiger partial charge in [0.15, 0.2) is 5.78 Å². The van der Waals surface area contributed by atoms with Crippen molar-refractivity contribution in [2.45, 2.75) is 13.8 Å². The van der Waals surface area contributed by atoms with Gasteiger partial charge in [-0.25, -0.2) is 0 Å². The topological polar surface area (TPSA) is 29.4 Å². The molecule has 0 spiro atoms. The molecule has 0 saturated heterocycles. The van der Waals surface area contributed by atoms with E-state index in [2.05, 4.69) is 11.6 Å². The third-order valence-corrected chi connectivity index (χ3v) is 1.17. The fourth-order valence-corrected chi connectivity index (χ4v) is 0.568. The van der Waals surface area contributed by atoms with Crippen molar-refractivity contribution >= 4 is 12.0 Å². The molecule has 0 heterocycles. The van der Waals surface area contributed by atoms with Gasteiger partial charge in [0.1, 0.15) is 0 Å². The molecule has 0 bridgehead atoms. The Morgan fingerprint density at radius 2 is 2.27 bits per heavy atom. The van der Waals surface area contributed by atoms with Crippen LogP contribution in [-0.2, 0) is 4.79 Å². The molecule has 0 unspecified atom stereocenters. The predicted octanol–water partition coefficient (Wildman–Crippen LogP) is 1.78. The first-order valence-electron chi connectivity index (χ1n) is 3.55. The summed E-state index contributed by atoms with van der Waals surface area (Å²) in [6.45, 7) is 7.69. The lowest BCUT2D eigenvalue weighted by molar-refractivity contribution is -0.113. The molecule has 0 fully saturated rings. The summed E-state index contributed by atoms with van der Waals surface area (Å²) in [5.74, 6) is 0.0163. The normalized spacial score (nSPS) is 12.0. The highest BCUT2D eigenvalue weighted by Gasteiger charge is 1.94. The van der Waals surface area contributed by atoms with Crippen molar-refractivity contribution in [3.8, 4) is 0 Å². The Morgan fingerprint density at radius 3 is 2.64 bits per heavy atom. The van der Waals surface area contributed by atoms with Gasteiger partial charge in [-0.15, -0.1) is 0 Å². The fraction of sp³-hybridized carbons (Fsp3) is 0.333. The zero-order chi connectivity index (χ0) is 8.69. The number of ketones is 1. The Bertz CT molecular complexity index is 202. The fourth-order valence-electron chi connectivity index (χ4n) is 0.568. The molecule has 0 aromatic rings. The van der Waals surface area contributed by atoms with E-state index < -0.39 is 0 Å². The SMILES string of the molecule is C=C/C(=C\C=NCC)C(C)=O. The second-order valence-electron chi connectivity index (χ2n) is 2.03. The van der Waals surface area contributed by atoms with Crippen LogP contribution in [0.15, 0.2) is 29.3 Å². The van der Waals surface area contributed by atoms with Crippen molar-refractivity contribution in [3.63, 3.8) is 0 Å². The van der Waals surface area contributed by atoms with E-state index in [-0.39, 0.29) is 5.78 Å². The summed E-state index contributed by atoms with van der Waals surface area (Å²) < 4.78 is 0. The van der Waals surface area contributed by atoms with Crippen molar-refractivity contribution < 1.29 is 4.79 Å². The largest absolute Gasteiger partial charge is 0.295 e. The molecule has 0 amide bonds. The van der Waals surface area contributed by atoms with Crippen LogP contribution >= 0.6 is 0 Å². The summed E-state index contributed by atoms with van der Waals surface area (Å²) in [6.07, 6.45) is 4.82. The molecule has 0 N–H and O–H groups in total. The van der Waals surface area contributed by atoms with Gasteiger partial charge in [-0.05, 0) is 19.9 Å². The minimum atomic E-state index is 0.0163. The summed E-state index contributed by atoms with van der Waals surface area (Å²) in [7, 11) is 0. The molecular weight excluding hydrogens is 138 g/mol. The summed E-state index contributed by atoms with van der Waals surface area (Å²) in [5.41, 5.74) is 0.599. The lowest BCUT2D eigenvalue weighted by Gasteiger charge is -1.89. The Hall–Kier alpha value is -1.18. The second kappa shape index (κ2) is 5.59. The molecule has 0 radical (unpaired) electrons. The Morgan fingerprint density at radius 1 is 1.64 bits per heavy atom. The Kier molecular flexibility index (Phi) is 4.99. The summed E-state index contributed by atoms with van der Waals surface area (Å²) in [4.78, 5) is 14.7. The monoisotopic (exact) mass is 151 g/mol. The average molecular weight is 151 g/mol. The van der Waals surface area contributed by atoms with Gasteiger partial charge in [0, 0.05) is 18.3 Å². The zero-order valence-corrected chi connectivity index (χ0v) is 7.00. The van der Waals surface area contributed by atoms with E-state index in [0.717, 1.165) is 6.54 Å². The number of hydrogen-bond donors (Lipinski definition) is 0. The first kappa shape index (κ1) is 9.82. The van der Waals surface area contributed by atoms with Crippen molar-refractivity contribution in [2.24, 2.45) is 4.99 Å². The molecule has 60 valence electrons. The lowest BCUT2D eigenvalue weighted by Crippen LogP contribution is -1.92. The first-order chi connectivity index (χ1) is 5.22. The summed E-state index contributed by atoms with van der Waals surface area (Å²) in [6, 6.07) is 0. The molecule has 0 aliphatic heterocycles. The van der Waals surface area contributed by atoms with E-state index in [9.17, 15) is 4.79 Å². The molecule has 0 saturated carbocycles. The summed E-state index contributed by atoms with van der Waals surface area (Å²) in [5, 5.41) is 0. The van der Waals surface area contributed by atoms with Crippen LogP contribution in [0.1, 0.15) is 13.8 Å². The maximum absolute atomic E-state index is 10.8. The van der Waals surface area contributed by atoms with Crippen LogP contribution in [-0.4, -0.2) is 18.5 Å².